The lowest BCUT2D eigenvalue weighted by atomic mass is 10.1. The first-order valence-corrected chi connectivity index (χ1v) is 7.45. The van der Waals surface area contributed by atoms with E-state index in [1.807, 2.05) is 24.3 Å². The zero-order valence-electron chi connectivity index (χ0n) is 11.4. The molecule has 0 aliphatic carbocycles. The second-order valence-corrected chi connectivity index (χ2v) is 5.98. The lowest BCUT2D eigenvalue weighted by Gasteiger charge is -2.14. The van der Waals surface area contributed by atoms with Gasteiger partial charge >= 0.3 is 0 Å². The highest BCUT2D eigenvalue weighted by Gasteiger charge is 2.26. The van der Waals surface area contributed by atoms with Crippen molar-refractivity contribution in [2.24, 2.45) is 0 Å². The average molecular weight is 349 g/mol. The van der Waals surface area contributed by atoms with Gasteiger partial charge in [0.15, 0.2) is 0 Å². The van der Waals surface area contributed by atoms with Gasteiger partial charge in [-0.1, -0.05) is 18.2 Å². The summed E-state index contributed by atoms with van der Waals surface area (Å²) in [5, 5.41) is 6.06. The molecule has 0 aromatic heterocycles. The van der Waals surface area contributed by atoms with Crippen molar-refractivity contribution >= 4 is 33.2 Å². The molecule has 0 saturated carbocycles. The molecule has 21 heavy (non-hydrogen) atoms. The first-order chi connectivity index (χ1) is 10.0. The monoisotopic (exact) mass is 348 g/mol. The van der Waals surface area contributed by atoms with Crippen molar-refractivity contribution in [3.63, 3.8) is 0 Å². The zero-order valence-corrected chi connectivity index (χ0v) is 13.0. The maximum Gasteiger partial charge on any atom is 0.247 e. The fourth-order valence-electron chi connectivity index (χ4n) is 2.46. The SMILES string of the molecule is Cc1cc(F)c(Br)cc1NC(=O)[C@@H]1Cc2ccccc2N1. The summed E-state index contributed by atoms with van der Waals surface area (Å²) in [5.74, 6) is -0.454. The minimum atomic E-state index is -0.336. The number of halogens is 2. The summed E-state index contributed by atoms with van der Waals surface area (Å²) in [7, 11) is 0. The van der Waals surface area contributed by atoms with E-state index in [0.717, 1.165) is 11.3 Å². The molecule has 1 aliphatic heterocycles. The summed E-state index contributed by atoms with van der Waals surface area (Å²) in [5.41, 5.74) is 3.44. The van der Waals surface area contributed by atoms with E-state index >= 15 is 0 Å². The normalized spacial score (nSPS) is 16.2. The average Bonchev–Trinajstić information content (AvgIpc) is 2.88. The molecule has 0 bridgehead atoms. The van der Waals surface area contributed by atoms with E-state index in [2.05, 4.69) is 26.6 Å². The Labute approximate surface area is 130 Å². The molecule has 5 heteroatoms. The quantitative estimate of drug-likeness (QED) is 0.864. The van der Waals surface area contributed by atoms with Crippen LogP contribution in [-0.4, -0.2) is 11.9 Å². The van der Waals surface area contributed by atoms with E-state index in [1.54, 1.807) is 13.0 Å². The van der Waals surface area contributed by atoms with Crippen LogP contribution in [0, 0.1) is 12.7 Å². The summed E-state index contributed by atoms with van der Waals surface area (Å²) in [6, 6.07) is 10.6. The molecule has 0 spiro atoms. The number of aryl methyl sites for hydroxylation is 1. The number of carbonyl (C=O) groups is 1. The Bertz CT molecular complexity index is 692. The Morgan fingerprint density at radius 2 is 2.14 bits per heavy atom. The van der Waals surface area contributed by atoms with Crippen LogP contribution >= 0.6 is 15.9 Å². The second-order valence-electron chi connectivity index (χ2n) is 5.13. The largest absolute Gasteiger partial charge is 0.373 e. The van der Waals surface area contributed by atoms with E-state index in [4.69, 9.17) is 0 Å². The maximum absolute atomic E-state index is 13.4. The number of carbonyl (C=O) groups excluding carboxylic acids is 1. The zero-order chi connectivity index (χ0) is 15.0. The summed E-state index contributed by atoms with van der Waals surface area (Å²) in [6.45, 7) is 1.77. The van der Waals surface area contributed by atoms with Crippen LogP contribution in [0.5, 0.6) is 0 Å². The number of rotatable bonds is 2. The molecular weight excluding hydrogens is 335 g/mol. The van der Waals surface area contributed by atoms with Gasteiger partial charge in [0.1, 0.15) is 11.9 Å². The van der Waals surface area contributed by atoms with Crippen molar-refractivity contribution in [1.82, 2.24) is 0 Å². The van der Waals surface area contributed by atoms with E-state index in [1.165, 1.54) is 6.07 Å². The second kappa shape index (κ2) is 5.48. The van der Waals surface area contributed by atoms with Crippen LogP contribution in [0.2, 0.25) is 0 Å². The summed E-state index contributed by atoms with van der Waals surface area (Å²) in [4.78, 5) is 12.3. The van der Waals surface area contributed by atoms with Crippen LogP contribution in [0.4, 0.5) is 15.8 Å². The topological polar surface area (TPSA) is 41.1 Å². The Hall–Kier alpha value is -1.88. The standard InChI is InChI=1S/C16H14BrFN2O/c1-9-6-12(18)11(17)8-14(9)20-16(21)15-7-10-4-2-3-5-13(10)19-15/h2-6,8,15,19H,7H2,1H3,(H,20,21)/t15-/m0/s1. The van der Waals surface area contributed by atoms with Gasteiger partial charge in [-0.15, -0.1) is 0 Å². The van der Waals surface area contributed by atoms with Crippen molar-refractivity contribution in [3.8, 4) is 0 Å². The number of fused-ring (bicyclic) bond motifs is 1. The van der Waals surface area contributed by atoms with Gasteiger partial charge in [0, 0.05) is 17.8 Å². The first-order valence-electron chi connectivity index (χ1n) is 6.65. The van der Waals surface area contributed by atoms with E-state index in [9.17, 15) is 9.18 Å². The number of anilines is 2. The molecule has 1 aliphatic rings. The Morgan fingerprint density at radius 1 is 1.38 bits per heavy atom. The van der Waals surface area contributed by atoms with Gasteiger partial charge in [-0.05, 0) is 52.2 Å². The Kier molecular flexibility index (Phi) is 3.68. The number of benzene rings is 2. The van der Waals surface area contributed by atoms with Gasteiger partial charge < -0.3 is 10.6 Å². The smallest absolute Gasteiger partial charge is 0.247 e. The van der Waals surface area contributed by atoms with Crippen LogP contribution in [-0.2, 0) is 11.2 Å². The number of hydrogen-bond donors (Lipinski definition) is 2. The third-order valence-corrected chi connectivity index (χ3v) is 4.22. The Morgan fingerprint density at radius 3 is 2.90 bits per heavy atom. The molecule has 2 aromatic carbocycles. The predicted molar refractivity (Wildman–Crippen MR) is 85.0 cm³/mol. The fraction of sp³-hybridized carbons (Fsp3) is 0.188. The summed E-state index contributed by atoms with van der Waals surface area (Å²) in [6.07, 6.45) is 0.656. The third-order valence-electron chi connectivity index (χ3n) is 3.61. The molecule has 0 fully saturated rings. The molecule has 3 nitrogen and oxygen atoms in total. The highest BCUT2D eigenvalue weighted by Crippen LogP contribution is 2.27. The van der Waals surface area contributed by atoms with E-state index in [0.29, 0.717) is 22.1 Å². The molecule has 2 N–H and O–H groups in total. The lowest BCUT2D eigenvalue weighted by molar-refractivity contribution is -0.116. The molecule has 0 unspecified atom stereocenters. The van der Waals surface area contributed by atoms with E-state index < -0.39 is 0 Å². The highest BCUT2D eigenvalue weighted by atomic mass is 79.9. The van der Waals surface area contributed by atoms with Crippen molar-refractivity contribution in [3.05, 3.63) is 57.8 Å². The maximum atomic E-state index is 13.4. The number of amides is 1. The number of hydrogen-bond acceptors (Lipinski definition) is 2. The van der Waals surface area contributed by atoms with Crippen molar-refractivity contribution in [2.45, 2.75) is 19.4 Å². The van der Waals surface area contributed by atoms with Gasteiger partial charge in [-0.25, -0.2) is 4.39 Å². The molecule has 108 valence electrons. The number of para-hydroxylation sites is 1. The van der Waals surface area contributed by atoms with Gasteiger partial charge in [0.25, 0.3) is 0 Å². The molecule has 0 radical (unpaired) electrons. The molecule has 1 amide bonds. The fourth-order valence-corrected chi connectivity index (χ4v) is 2.80. The summed E-state index contributed by atoms with van der Waals surface area (Å²) < 4.78 is 13.7. The molecule has 1 atom stereocenters. The molecular formula is C16H14BrFN2O. The predicted octanol–water partition coefficient (Wildman–Crippen LogP) is 3.87. The van der Waals surface area contributed by atoms with Crippen LogP contribution in [0.15, 0.2) is 40.9 Å². The van der Waals surface area contributed by atoms with Crippen LogP contribution in [0.3, 0.4) is 0 Å². The minimum Gasteiger partial charge on any atom is -0.373 e. The van der Waals surface area contributed by atoms with Crippen molar-refractivity contribution in [1.29, 1.82) is 0 Å². The molecule has 2 aromatic rings. The van der Waals surface area contributed by atoms with Crippen molar-refractivity contribution in [2.75, 3.05) is 10.6 Å². The van der Waals surface area contributed by atoms with Crippen LogP contribution in [0.25, 0.3) is 0 Å². The van der Waals surface area contributed by atoms with Crippen LogP contribution < -0.4 is 10.6 Å². The van der Waals surface area contributed by atoms with Gasteiger partial charge in [-0.2, -0.15) is 0 Å². The van der Waals surface area contributed by atoms with Gasteiger partial charge in [-0.3, -0.25) is 4.79 Å². The van der Waals surface area contributed by atoms with Crippen molar-refractivity contribution < 1.29 is 9.18 Å². The molecule has 1 heterocycles. The number of nitrogens with one attached hydrogen (secondary N) is 2. The lowest BCUT2D eigenvalue weighted by Crippen LogP contribution is -2.33. The van der Waals surface area contributed by atoms with E-state index in [-0.39, 0.29) is 17.8 Å². The minimum absolute atomic E-state index is 0.118. The molecule has 0 saturated heterocycles. The Balaban J connectivity index is 1.75. The molecule has 3 rings (SSSR count). The highest BCUT2D eigenvalue weighted by molar-refractivity contribution is 9.10. The summed E-state index contributed by atoms with van der Waals surface area (Å²) >= 11 is 3.14. The first kappa shape index (κ1) is 14.1. The van der Waals surface area contributed by atoms with Gasteiger partial charge in [0.05, 0.1) is 4.47 Å². The third kappa shape index (κ3) is 2.78. The van der Waals surface area contributed by atoms with Gasteiger partial charge in [0.2, 0.25) is 5.91 Å². The van der Waals surface area contributed by atoms with Crippen LogP contribution in [0.1, 0.15) is 11.1 Å².